The van der Waals surface area contributed by atoms with Crippen LogP contribution >= 0.6 is 11.6 Å². The Bertz CT molecular complexity index is 1310. The second-order valence-electron chi connectivity index (χ2n) is 10.9. The Balaban J connectivity index is 1.45. The average molecular weight is 611 g/mol. The molecule has 0 radical (unpaired) electrons. The molecule has 3 atom stereocenters. The lowest BCUT2D eigenvalue weighted by molar-refractivity contribution is -0.129. The monoisotopic (exact) mass is 610 g/mol. The quantitative estimate of drug-likeness (QED) is 0.383. The molecule has 2 unspecified atom stereocenters. The molecular formula is C29H37ClF2N4O4S. The maximum absolute atomic E-state index is 14.0. The van der Waals surface area contributed by atoms with Crippen molar-refractivity contribution in [1.29, 1.82) is 0 Å². The number of unbranched alkanes of at least 4 members (excludes halogenated alkanes) is 1. The van der Waals surface area contributed by atoms with E-state index in [0.29, 0.717) is 48.7 Å². The smallest absolute Gasteiger partial charge is 0.225 e. The van der Waals surface area contributed by atoms with Crippen LogP contribution in [0.25, 0.3) is 0 Å². The zero-order valence-corrected chi connectivity index (χ0v) is 24.7. The lowest BCUT2D eigenvalue weighted by atomic mass is 9.97. The van der Waals surface area contributed by atoms with Crippen LogP contribution in [0.2, 0.25) is 5.02 Å². The summed E-state index contributed by atoms with van der Waals surface area (Å²) in [4.78, 5) is 27.4. The molecule has 2 aliphatic heterocycles. The summed E-state index contributed by atoms with van der Waals surface area (Å²) >= 11 is 5.93. The summed E-state index contributed by atoms with van der Waals surface area (Å²) in [6.45, 7) is 3.89. The number of sulfonamides is 1. The third-order valence-corrected chi connectivity index (χ3v) is 9.63. The minimum Gasteiger partial charge on any atom is -0.353 e. The number of halogens is 3. The van der Waals surface area contributed by atoms with E-state index in [1.165, 1.54) is 16.4 Å². The highest BCUT2D eigenvalue weighted by Crippen LogP contribution is 2.22. The molecule has 0 spiro atoms. The number of nitrogens with zero attached hydrogens (tertiary/aromatic N) is 2. The molecule has 0 saturated carbocycles. The number of hydrogen-bond donors (Lipinski definition) is 2. The van der Waals surface area contributed by atoms with Gasteiger partial charge in [0.25, 0.3) is 0 Å². The predicted octanol–water partition coefficient (Wildman–Crippen LogP) is 3.49. The largest absolute Gasteiger partial charge is 0.353 e. The van der Waals surface area contributed by atoms with Crippen molar-refractivity contribution in [2.75, 3.05) is 32.7 Å². The summed E-state index contributed by atoms with van der Waals surface area (Å²) in [6.07, 6.45) is 2.40. The molecule has 2 heterocycles. The Morgan fingerprint density at radius 3 is 2.51 bits per heavy atom. The lowest BCUT2D eigenvalue weighted by Crippen LogP contribution is -2.55. The van der Waals surface area contributed by atoms with E-state index in [9.17, 15) is 26.8 Å². The van der Waals surface area contributed by atoms with Crippen molar-refractivity contribution in [3.05, 3.63) is 70.2 Å². The molecule has 224 valence electrons. The van der Waals surface area contributed by atoms with E-state index >= 15 is 0 Å². The van der Waals surface area contributed by atoms with Crippen LogP contribution in [0, 0.1) is 17.6 Å². The fourth-order valence-electron chi connectivity index (χ4n) is 5.47. The first-order valence-electron chi connectivity index (χ1n) is 14.0. The highest BCUT2D eigenvalue weighted by atomic mass is 35.5. The number of carbonyl (C=O) groups is 2. The van der Waals surface area contributed by atoms with Crippen molar-refractivity contribution in [3.8, 4) is 0 Å². The molecule has 0 aromatic heterocycles. The summed E-state index contributed by atoms with van der Waals surface area (Å²) < 4.78 is 55.7. The van der Waals surface area contributed by atoms with E-state index in [2.05, 4.69) is 10.6 Å². The van der Waals surface area contributed by atoms with Gasteiger partial charge in [0.05, 0.1) is 11.7 Å². The third kappa shape index (κ3) is 8.94. The Morgan fingerprint density at radius 2 is 1.83 bits per heavy atom. The summed E-state index contributed by atoms with van der Waals surface area (Å²) in [5.74, 6) is -2.45. The zero-order chi connectivity index (χ0) is 29.6. The topological polar surface area (TPSA) is 98.8 Å². The van der Waals surface area contributed by atoms with Crippen LogP contribution in [0.15, 0.2) is 42.5 Å². The second-order valence-corrected chi connectivity index (χ2v) is 13.3. The van der Waals surface area contributed by atoms with Crippen molar-refractivity contribution in [2.24, 2.45) is 5.92 Å². The highest BCUT2D eigenvalue weighted by Gasteiger charge is 2.36. The van der Waals surface area contributed by atoms with E-state index in [1.807, 2.05) is 6.92 Å². The van der Waals surface area contributed by atoms with Gasteiger partial charge in [-0.25, -0.2) is 17.2 Å². The van der Waals surface area contributed by atoms with Gasteiger partial charge in [-0.15, -0.1) is 0 Å². The van der Waals surface area contributed by atoms with Gasteiger partial charge in [0, 0.05) is 62.3 Å². The standard InChI is InChI=1S/C29H37ClF2N4O4S/c1-2-3-9-35-17-22(14-28(35)37)29(38)34-26(13-21-11-24(31)15-25(32)12-21)16-27-18-36(10-8-33-27)41(39,40)19-20-4-6-23(30)7-5-20/h4-7,11-12,15,22,26-27,33H,2-3,8-10,13-14,16-19H2,1H3,(H,34,38)/t22?,26?,27-/m0/s1. The fraction of sp³-hybridized carbons (Fsp3) is 0.517. The molecule has 12 heteroatoms. The third-order valence-electron chi connectivity index (χ3n) is 7.56. The number of rotatable bonds is 12. The van der Waals surface area contributed by atoms with Gasteiger partial charge in [0.15, 0.2) is 0 Å². The Kier molecular flexibility index (Phi) is 10.7. The minimum absolute atomic E-state index is 0.0576. The second kappa shape index (κ2) is 14.0. The summed E-state index contributed by atoms with van der Waals surface area (Å²) in [5, 5.41) is 6.86. The van der Waals surface area contributed by atoms with Gasteiger partial charge in [-0.05, 0) is 54.7 Å². The van der Waals surface area contributed by atoms with Gasteiger partial charge >= 0.3 is 0 Å². The molecule has 0 aliphatic carbocycles. The molecule has 2 fully saturated rings. The molecule has 41 heavy (non-hydrogen) atoms. The van der Waals surface area contributed by atoms with Gasteiger partial charge in [-0.3, -0.25) is 9.59 Å². The summed E-state index contributed by atoms with van der Waals surface area (Å²) in [6, 6.07) is 9.06. The number of hydrogen-bond acceptors (Lipinski definition) is 5. The van der Waals surface area contributed by atoms with Gasteiger partial charge < -0.3 is 15.5 Å². The molecular weight excluding hydrogens is 574 g/mol. The molecule has 2 saturated heterocycles. The van der Waals surface area contributed by atoms with Gasteiger partial charge in [-0.2, -0.15) is 4.31 Å². The number of amides is 2. The van der Waals surface area contributed by atoms with Crippen LogP contribution in [-0.4, -0.2) is 74.2 Å². The van der Waals surface area contributed by atoms with E-state index in [1.54, 1.807) is 29.2 Å². The molecule has 0 bridgehead atoms. The van der Waals surface area contributed by atoms with Gasteiger partial charge in [0.1, 0.15) is 11.6 Å². The lowest BCUT2D eigenvalue weighted by Gasteiger charge is -2.35. The average Bonchev–Trinajstić information content (AvgIpc) is 3.28. The predicted molar refractivity (Wildman–Crippen MR) is 154 cm³/mol. The van der Waals surface area contributed by atoms with Crippen LogP contribution < -0.4 is 10.6 Å². The maximum Gasteiger partial charge on any atom is 0.225 e. The fourth-order valence-corrected chi connectivity index (χ4v) is 7.17. The highest BCUT2D eigenvalue weighted by molar-refractivity contribution is 7.88. The van der Waals surface area contributed by atoms with Crippen molar-refractivity contribution in [1.82, 2.24) is 19.8 Å². The van der Waals surface area contributed by atoms with E-state index in [4.69, 9.17) is 11.6 Å². The van der Waals surface area contributed by atoms with Crippen molar-refractivity contribution in [2.45, 2.75) is 56.9 Å². The summed E-state index contributed by atoms with van der Waals surface area (Å²) in [7, 11) is -3.62. The van der Waals surface area contributed by atoms with Crippen LogP contribution in [0.4, 0.5) is 8.78 Å². The molecule has 4 rings (SSSR count). The molecule has 2 N–H and O–H groups in total. The number of carbonyl (C=O) groups excluding carboxylic acids is 2. The molecule has 2 aromatic carbocycles. The molecule has 8 nitrogen and oxygen atoms in total. The number of likely N-dealkylation sites (tertiary alicyclic amines) is 1. The zero-order valence-electron chi connectivity index (χ0n) is 23.1. The summed E-state index contributed by atoms with van der Waals surface area (Å²) in [5.41, 5.74) is 1.00. The first-order valence-corrected chi connectivity index (χ1v) is 16.0. The Hall–Kier alpha value is -2.60. The van der Waals surface area contributed by atoms with Crippen molar-refractivity contribution < 1.29 is 26.8 Å². The van der Waals surface area contributed by atoms with Crippen LogP contribution in [0.1, 0.15) is 43.7 Å². The van der Waals surface area contributed by atoms with E-state index in [0.717, 1.165) is 18.9 Å². The van der Waals surface area contributed by atoms with Crippen LogP contribution in [0.3, 0.4) is 0 Å². The molecule has 2 amide bonds. The van der Waals surface area contributed by atoms with Crippen LogP contribution in [0.5, 0.6) is 0 Å². The molecule has 2 aliphatic rings. The van der Waals surface area contributed by atoms with Crippen molar-refractivity contribution in [3.63, 3.8) is 0 Å². The normalized spacial score (nSPS) is 20.8. The van der Waals surface area contributed by atoms with Crippen LogP contribution in [-0.2, 0) is 31.8 Å². The minimum atomic E-state index is -3.62. The van der Waals surface area contributed by atoms with Crippen molar-refractivity contribution >= 4 is 33.4 Å². The first-order chi connectivity index (χ1) is 19.5. The number of nitrogens with one attached hydrogen (secondary N) is 2. The number of benzene rings is 2. The first kappa shape index (κ1) is 31.3. The maximum atomic E-state index is 14.0. The van der Waals surface area contributed by atoms with Gasteiger partial charge in [0.2, 0.25) is 21.8 Å². The number of piperazine rings is 1. The molecule has 2 aromatic rings. The Morgan fingerprint density at radius 1 is 1.12 bits per heavy atom. The van der Waals surface area contributed by atoms with Gasteiger partial charge in [-0.1, -0.05) is 37.1 Å². The Labute approximate surface area is 245 Å². The SMILES string of the molecule is CCCCN1CC(C(=O)NC(Cc2cc(F)cc(F)c2)C[C@H]2CN(S(=O)(=O)Cc3ccc(Cl)cc3)CCN2)CC1=O. The van der Waals surface area contributed by atoms with E-state index in [-0.39, 0.29) is 43.0 Å². The van der Waals surface area contributed by atoms with E-state index < -0.39 is 33.6 Å².